The van der Waals surface area contributed by atoms with Gasteiger partial charge in [-0.15, -0.1) is 0 Å². The monoisotopic (exact) mass is 447 g/mol. The molecule has 2 aliphatic heterocycles. The lowest BCUT2D eigenvalue weighted by atomic mass is 10.1. The maximum Gasteiger partial charge on any atom is 0.244 e. The molecular formula is C25H26ClN5O. The summed E-state index contributed by atoms with van der Waals surface area (Å²) in [5.41, 5.74) is 4.29. The van der Waals surface area contributed by atoms with Gasteiger partial charge in [0.2, 0.25) is 5.91 Å². The number of nitrogens with zero attached hydrogens (tertiary/aromatic N) is 4. The standard InChI is InChI=1S/C25H26ClN5O/c26-21-6-8-22(9-7-21)30-12-10-29(11-13-30)16-20-14-23-25(27-15-20)31(18-24(32)28-23)17-19-4-2-1-3-5-19/h1-9,14-15H,10-13,16-18H2,(H,28,32). The third-order valence-corrected chi connectivity index (χ3v) is 6.27. The summed E-state index contributed by atoms with van der Waals surface area (Å²) in [6.07, 6.45) is 1.94. The van der Waals surface area contributed by atoms with E-state index in [4.69, 9.17) is 16.6 Å². The van der Waals surface area contributed by atoms with Crippen molar-refractivity contribution in [2.24, 2.45) is 0 Å². The Morgan fingerprint density at radius 3 is 2.41 bits per heavy atom. The maximum atomic E-state index is 12.3. The molecule has 0 radical (unpaired) electrons. The van der Waals surface area contributed by atoms with E-state index in [0.717, 1.165) is 60.4 Å². The number of pyridine rings is 1. The zero-order valence-electron chi connectivity index (χ0n) is 17.9. The summed E-state index contributed by atoms with van der Waals surface area (Å²) < 4.78 is 0. The fourth-order valence-electron chi connectivity index (χ4n) is 4.38. The number of carbonyl (C=O) groups excluding carboxylic acids is 1. The summed E-state index contributed by atoms with van der Waals surface area (Å²) in [5, 5.41) is 3.77. The van der Waals surface area contributed by atoms with E-state index >= 15 is 0 Å². The maximum absolute atomic E-state index is 12.3. The third-order valence-electron chi connectivity index (χ3n) is 6.02. The smallest absolute Gasteiger partial charge is 0.244 e. The van der Waals surface area contributed by atoms with Crippen LogP contribution in [0.1, 0.15) is 11.1 Å². The van der Waals surface area contributed by atoms with E-state index < -0.39 is 0 Å². The summed E-state index contributed by atoms with van der Waals surface area (Å²) in [6.45, 7) is 5.71. The van der Waals surface area contributed by atoms with Gasteiger partial charge in [0.25, 0.3) is 0 Å². The largest absolute Gasteiger partial charge is 0.369 e. The second-order valence-corrected chi connectivity index (χ2v) is 8.78. The Balaban J connectivity index is 1.24. The van der Waals surface area contributed by atoms with Crippen LogP contribution < -0.4 is 15.1 Å². The number of hydrogen-bond donors (Lipinski definition) is 1. The van der Waals surface area contributed by atoms with Crippen LogP contribution in [-0.4, -0.2) is 48.5 Å². The van der Waals surface area contributed by atoms with E-state index in [1.54, 1.807) is 0 Å². The molecule has 1 fully saturated rings. The van der Waals surface area contributed by atoms with Gasteiger partial charge in [0.05, 0.1) is 12.2 Å². The lowest BCUT2D eigenvalue weighted by molar-refractivity contribution is -0.115. The molecule has 2 aliphatic rings. The summed E-state index contributed by atoms with van der Waals surface area (Å²) in [7, 11) is 0. The molecule has 1 aromatic heterocycles. The van der Waals surface area contributed by atoms with Gasteiger partial charge in [0, 0.05) is 56.2 Å². The zero-order chi connectivity index (χ0) is 21.9. The number of anilines is 3. The topological polar surface area (TPSA) is 51.7 Å². The number of piperazine rings is 1. The normalized spacial score (nSPS) is 16.6. The van der Waals surface area contributed by atoms with Crippen LogP contribution in [0.3, 0.4) is 0 Å². The number of fused-ring (bicyclic) bond motifs is 1. The average Bonchev–Trinajstić information content (AvgIpc) is 2.80. The van der Waals surface area contributed by atoms with Crippen molar-refractivity contribution in [2.45, 2.75) is 13.1 Å². The lowest BCUT2D eigenvalue weighted by Gasteiger charge is -2.36. The zero-order valence-corrected chi connectivity index (χ0v) is 18.6. The molecule has 0 spiro atoms. The Labute approximate surface area is 193 Å². The quantitative estimate of drug-likeness (QED) is 0.640. The van der Waals surface area contributed by atoms with Crippen molar-refractivity contribution in [1.82, 2.24) is 9.88 Å². The molecule has 5 rings (SSSR count). The molecule has 164 valence electrons. The molecule has 3 heterocycles. The van der Waals surface area contributed by atoms with Gasteiger partial charge in [-0.2, -0.15) is 0 Å². The minimum absolute atomic E-state index is 0.00367. The van der Waals surface area contributed by atoms with Gasteiger partial charge in [-0.3, -0.25) is 9.69 Å². The van der Waals surface area contributed by atoms with Crippen molar-refractivity contribution in [1.29, 1.82) is 0 Å². The Morgan fingerprint density at radius 1 is 0.906 bits per heavy atom. The minimum atomic E-state index is 0.00367. The first-order chi connectivity index (χ1) is 15.6. The van der Waals surface area contributed by atoms with Gasteiger partial charge in [0.15, 0.2) is 5.82 Å². The summed E-state index contributed by atoms with van der Waals surface area (Å²) in [6, 6.07) is 20.3. The van der Waals surface area contributed by atoms with Crippen LogP contribution in [0.2, 0.25) is 5.02 Å². The van der Waals surface area contributed by atoms with Crippen LogP contribution in [0.25, 0.3) is 0 Å². The van der Waals surface area contributed by atoms with E-state index in [9.17, 15) is 4.79 Å². The predicted molar refractivity (Wildman–Crippen MR) is 129 cm³/mol. The fourth-order valence-corrected chi connectivity index (χ4v) is 4.50. The van der Waals surface area contributed by atoms with Crippen molar-refractivity contribution in [3.8, 4) is 0 Å². The number of halogens is 1. The third kappa shape index (κ3) is 4.71. The van der Waals surface area contributed by atoms with Crippen LogP contribution >= 0.6 is 11.6 Å². The highest BCUT2D eigenvalue weighted by Crippen LogP contribution is 2.29. The number of rotatable bonds is 5. The van der Waals surface area contributed by atoms with Crippen molar-refractivity contribution < 1.29 is 4.79 Å². The molecule has 0 saturated carbocycles. The number of aromatic nitrogens is 1. The summed E-state index contributed by atoms with van der Waals surface area (Å²) >= 11 is 6.01. The molecule has 1 saturated heterocycles. The van der Waals surface area contributed by atoms with Crippen LogP contribution in [0.4, 0.5) is 17.2 Å². The van der Waals surface area contributed by atoms with Crippen molar-refractivity contribution >= 4 is 34.7 Å². The lowest BCUT2D eigenvalue weighted by Crippen LogP contribution is -2.46. The molecule has 2 aromatic carbocycles. The Hall–Kier alpha value is -3.09. The minimum Gasteiger partial charge on any atom is -0.369 e. The average molecular weight is 448 g/mol. The first-order valence-electron chi connectivity index (χ1n) is 10.9. The molecule has 0 bridgehead atoms. The van der Waals surface area contributed by atoms with Crippen molar-refractivity contribution in [3.63, 3.8) is 0 Å². The van der Waals surface area contributed by atoms with Crippen LogP contribution in [0.15, 0.2) is 66.9 Å². The molecule has 7 heteroatoms. The van der Waals surface area contributed by atoms with E-state index in [2.05, 4.69) is 45.4 Å². The first kappa shape index (κ1) is 20.8. The highest BCUT2D eigenvalue weighted by Gasteiger charge is 2.24. The Morgan fingerprint density at radius 2 is 1.66 bits per heavy atom. The summed E-state index contributed by atoms with van der Waals surface area (Å²) in [5.74, 6) is 0.841. The molecule has 3 aromatic rings. The predicted octanol–water partition coefficient (Wildman–Crippen LogP) is 4.02. The number of nitrogens with one attached hydrogen (secondary N) is 1. The van der Waals surface area contributed by atoms with Gasteiger partial charge >= 0.3 is 0 Å². The second-order valence-electron chi connectivity index (χ2n) is 8.34. The molecule has 32 heavy (non-hydrogen) atoms. The molecule has 0 unspecified atom stereocenters. The highest BCUT2D eigenvalue weighted by molar-refractivity contribution is 6.30. The number of carbonyl (C=O) groups is 1. The molecule has 1 amide bonds. The van der Waals surface area contributed by atoms with E-state index in [1.807, 2.05) is 41.4 Å². The number of hydrogen-bond acceptors (Lipinski definition) is 5. The Bertz CT molecular complexity index is 1080. The van der Waals surface area contributed by atoms with Gasteiger partial charge in [-0.05, 0) is 41.5 Å². The van der Waals surface area contributed by atoms with Crippen LogP contribution in [0.5, 0.6) is 0 Å². The van der Waals surface area contributed by atoms with Gasteiger partial charge in [-0.25, -0.2) is 4.98 Å². The number of amides is 1. The molecule has 0 atom stereocenters. The van der Waals surface area contributed by atoms with Crippen LogP contribution in [-0.2, 0) is 17.9 Å². The van der Waals surface area contributed by atoms with Gasteiger partial charge in [-0.1, -0.05) is 41.9 Å². The van der Waals surface area contributed by atoms with Crippen molar-refractivity contribution in [3.05, 3.63) is 83.0 Å². The fraction of sp³-hybridized carbons (Fsp3) is 0.280. The second kappa shape index (κ2) is 9.18. The molecule has 6 nitrogen and oxygen atoms in total. The SMILES string of the molecule is O=C1CN(Cc2ccccc2)c2ncc(CN3CCN(c4ccc(Cl)cc4)CC3)cc2N1. The van der Waals surface area contributed by atoms with E-state index in [-0.39, 0.29) is 5.91 Å². The highest BCUT2D eigenvalue weighted by atomic mass is 35.5. The van der Waals surface area contributed by atoms with Crippen molar-refractivity contribution in [2.75, 3.05) is 47.8 Å². The van der Waals surface area contributed by atoms with E-state index in [1.165, 1.54) is 5.69 Å². The number of benzene rings is 2. The molecule has 1 N–H and O–H groups in total. The Kier molecular flexibility index (Phi) is 5.97. The van der Waals surface area contributed by atoms with E-state index in [0.29, 0.717) is 13.1 Å². The molecular weight excluding hydrogens is 422 g/mol. The first-order valence-corrected chi connectivity index (χ1v) is 11.3. The van der Waals surface area contributed by atoms with Crippen LogP contribution in [0, 0.1) is 0 Å². The van der Waals surface area contributed by atoms with Gasteiger partial charge in [0.1, 0.15) is 0 Å². The molecule has 0 aliphatic carbocycles. The van der Waals surface area contributed by atoms with Gasteiger partial charge < -0.3 is 15.1 Å². The summed E-state index contributed by atoms with van der Waals surface area (Å²) in [4.78, 5) is 23.9.